The second kappa shape index (κ2) is 9.14. The number of nitrogens with one attached hydrogen (secondary N) is 1. The molecule has 0 radical (unpaired) electrons. The minimum atomic E-state index is -0.0873. The number of benzene rings is 2. The second-order valence-electron chi connectivity index (χ2n) is 7.35. The van der Waals surface area contributed by atoms with Crippen molar-refractivity contribution < 1.29 is 4.79 Å². The molecule has 0 atom stereocenters. The molecule has 0 aliphatic rings. The van der Waals surface area contributed by atoms with Crippen LogP contribution in [0.1, 0.15) is 16.7 Å². The summed E-state index contributed by atoms with van der Waals surface area (Å²) in [6.45, 7) is 6.16. The van der Waals surface area contributed by atoms with Gasteiger partial charge < -0.3 is 5.32 Å². The first-order valence-corrected chi connectivity index (χ1v) is 10.9. The summed E-state index contributed by atoms with van der Waals surface area (Å²) in [5.41, 5.74) is 6.16. The van der Waals surface area contributed by atoms with Crippen LogP contribution in [0.5, 0.6) is 0 Å². The van der Waals surface area contributed by atoms with Crippen molar-refractivity contribution in [1.82, 2.24) is 19.7 Å². The molecule has 0 unspecified atom stereocenters. The third-order valence-electron chi connectivity index (χ3n) is 4.95. The van der Waals surface area contributed by atoms with Crippen molar-refractivity contribution in [2.24, 2.45) is 0 Å². The minimum Gasteiger partial charge on any atom is -0.325 e. The lowest BCUT2D eigenvalue weighted by Crippen LogP contribution is -2.14. The first-order valence-electron chi connectivity index (χ1n) is 9.94. The molecule has 31 heavy (non-hydrogen) atoms. The van der Waals surface area contributed by atoms with Gasteiger partial charge in [-0.1, -0.05) is 30.0 Å². The van der Waals surface area contributed by atoms with E-state index in [2.05, 4.69) is 46.5 Å². The monoisotopic (exact) mass is 429 g/mol. The van der Waals surface area contributed by atoms with Gasteiger partial charge in [-0.15, -0.1) is 10.2 Å². The molecule has 0 saturated heterocycles. The molecule has 4 aromatic rings. The van der Waals surface area contributed by atoms with Crippen LogP contribution in [0.4, 0.5) is 5.69 Å². The predicted molar refractivity (Wildman–Crippen MR) is 125 cm³/mol. The number of pyridine rings is 1. The number of anilines is 1. The van der Waals surface area contributed by atoms with Crippen molar-refractivity contribution in [2.75, 3.05) is 11.1 Å². The largest absolute Gasteiger partial charge is 0.325 e. The normalized spacial score (nSPS) is 10.8. The van der Waals surface area contributed by atoms with E-state index in [-0.39, 0.29) is 11.7 Å². The van der Waals surface area contributed by atoms with Gasteiger partial charge in [-0.25, -0.2) is 0 Å². The van der Waals surface area contributed by atoms with E-state index in [1.807, 2.05) is 54.0 Å². The van der Waals surface area contributed by atoms with E-state index >= 15 is 0 Å². The molecule has 4 rings (SSSR count). The van der Waals surface area contributed by atoms with Gasteiger partial charge in [-0.05, 0) is 73.9 Å². The van der Waals surface area contributed by atoms with Crippen LogP contribution in [-0.2, 0) is 4.79 Å². The highest BCUT2D eigenvalue weighted by Gasteiger charge is 2.18. The Hall–Kier alpha value is -3.45. The zero-order valence-electron chi connectivity index (χ0n) is 17.7. The lowest BCUT2D eigenvalue weighted by Gasteiger charge is -2.12. The van der Waals surface area contributed by atoms with Crippen LogP contribution in [0.3, 0.4) is 0 Å². The number of hydrogen-bond donors (Lipinski definition) is 1. The molecule has 0 fully saturated rings. The molecule has 2 heterocycles. The summed E-state index contributed by atoms with van der Waals surface area (Å²) in [4.78, 5) is 16.6. The average Bonchev–Trinajstić information content (AvgIpc) is 3.19. The van der Waals surface area contributed by atoms with E-state index in [9.17, 15) is 4.79 Å². The van der Waals surface area contributed by atoms with Crippen molar-refractivity contribution in [2.45, 2.75) is 25.9 Å². The Morgan fingerprint density at radius 3 is 2.52 bits per heavy atom. The van der Waals surface area contributed by atoms with Gasteiger partial charge in [0.15, 0.2) is 11.0 Å². The first kappa shape index (κ1) is 20.8. The van der Waals surface area contributed by atoms with E-state index in [1.54, 1.807) is 12.4 Å². The Balaban J connectivity index is 1.62. The second-order valence-corrected chi connectivity index (χ2v) is 8.29. The van der Waals surface area contributed by atoms with Crippen molar-refractivity contribution in [3.63, 3.8) is 0 Å². The molecule has 156 valence electrons. The van der Waals surface area contributed by atoms with E-state index in [1.165, 1.54) is 22.9 Å². The fourth-order valence-electron chi connectivity index (χ4n) is 3.20. The van der Waals surface area contributed by atoms with Gasteiger partial charge in [0.2, 0.25) is 5.91 Å². The van der Waals surface area contributed by atoms with Gasteiger partial charge >= 0.3 is 0 Å². The number of carbonyl (C=O) groups excluding carboxylic acids is 1. The summed E-state index contributed by atoms with van der Waals surface area (Å²) in [5, 5.41) is 12.4. The zero-order chi connectivity index (χ0) is 21.8. The highest BCUT2D eigenvalue weighted by molar-refractivity contribution is 7.99. The standard InChI is InChI=1S/C24H23N5OS/c1-16-5-4-6-20(13-16)26-22(30)15-31-24-28-27-23(19-9-11-25-12-10-19)29(24)21-8-7-17(2)18(3)14-21/h4-14H,15H2,1-3H3,(H,26,30). The SMILES string of the molecule is Cc1cccc(NC(=O)CSc2nnc(-c3ccncc3)n2-c2ccc(C)c(C)c2)c1. The lowest BCUT2D eigenvalue weighted by atomic mass is 10.1. The van der Waals surface area contributed by atoms with E-state index in [0.29, 0.717) is 11.0 Å². The maximum atomic E-state index is 12.5. The summed E-state index contributed by atoms with van der Waals surface area (Å²) in [6.07, 6.45) is 3.47. The topological polar surface area (TPSA) is 72.7 Å². The van der Waals surface area contributed by atoms with Gasteiger partial charge in [0.25, 0.3) is 0 Å². The molecule has 0 bridgehead atoms. The van der Waals surface area contributed by atoms with E-state index in [4.69, 9.17) is 0 Å². The molecule has 6 nitrogen and oxygen atoms in total. The van der Waals surface area contributed by atoms with Gasteiger partial charge in [-0.2, -0.15) is 0 Å². The molecule has 1 N–H and O–H groups in total. The van der Waals surface area contributed by atoms with Crippen molar-refractivity contribution in [3.05, 3.63) is 83.7 Å². The number of aryl methyl sites for hydroxylation is 3. The maximum Gasteiger partial charge on any atom is 0.234 e. The number of thioether (sulfide) groups is 1. The number of rotatable bonds is 6. The smallest absolute Gasteiger partial charge is 0.234 e. The fraction of sp³-hybridized carbons (Fsp3) is 0.167. The van der Waals surface area contributed by atoms with Crippen LogP contribution in [0, 0.1) is 20.8 Å². The third-order valence-corrected chi connectivity index (χ3v) is 5.88. The van der Waals surface area contributed by atoms with Crippen LogP contribution < -0.4 is 5.32 Å². The number of nitrogens with zero attached hydrogens (tertiary/aromatic N) is 4. The zero-order valence-corrected chi connectivity index (χ0v) is 18.5. The maximum absolute atomic E-state index is 12.5. The Labute approximate surface area is 185 Å². The van der Waals surface area contributed by atoms with Crippen LogP contribution >= 0.6 is 11.8 Å². The average molecular weight is 430 g/mol. The number of carbonyl (C=O) groups is 1. The highest BCUT2D eigenvalue weighted by Crippen LogP contribution is 2.28. The summed E-state index contributed by atoms with van der Waals surface area (Å²) in [6, 6.07) is 17.8. The molecule has 0 aliphatic heterocycles. The molecule has 1 amide bonds. The quantitative estimate of drug-likeness (QED) is 0.437. The molecule has 2 aromatic heterocycles. The summed E-state index contributed by atoms with van der Waals surface area (Å²) >= 11 is 1.36. The van der Waals surface area contributed by atoms with Gasteiger partial charge in [0.05, 0.1) is 11.4 Å². The molecule has 7 heteroatoms. The van der Waals surface area contributed by atoms with E-state index in [0.717, 1.165) is 22.5 Å². The Morgan fingerprint density at radius 2 is 1.77 bits per heavy atom. The summed E-state index contributed by atoms with van der Waals surface area (Å²) in [7, 11) is 0. The molecular weight excluding hydrogens is 406 g/mol. The Morgan fingerprint density at radius 1 is 0.968 bits per heavy atom. The molecule has 2 aromatic carbocycles. The number of hydrogen-bond acceptors (Lipinski definition) is 5. The van der Waals surface area contributed by atoms with Gasteiger partial charge in [0.1, 0.15) is 0 Å². The van der Waals surface area contributed by atoms with Gasteiger partial charge in [-0.3, -0.25) is 14.3 Å². The molecule has 0 spiro atoms. The van der Waals surface area contributed by atoms with E-state index < -0.39 is 0 Å². The molecule has 0 aliphatic carbocycles. The minimum absolute atomic E-state index is 0.0873. The van der Waals surface area contributed by atoms with Gasteiger partial charge in [0, 0.05) is 23.6 Å². The number of amides is 1. The van der Waals surface area contributed by atoms with Crippen molar-refractivity contribution >= 4 is 23.4 Å². The number of aromatic nitrogens is 4. The lowest BCUT2D eigenvalue weighted by molar-refractivity contribution is -0.113. The Bertz CT molecular complexity index is 1220. The van der Waals surface area contributed by atoms with Crippen LogP contribution in [0.15, 0.2) is 72.1 Å². The molecule has 0 saturated carbocycles. The fourth-order valence-corrected chi connectivity index (χ4v) is 3.95. The summed E-state index contributed by atoms with van der Waals surface area (Å²) in [5.74, 6) is 0.857. The van der Waals surface area contributed by atoms with Crippen LogP contribution in [0.2, 0.25) is 0 Å². The highest BCUT2D eigenvalue weighted by atomic mass is 32.2. The predicted octanol–water partition coefficient (Wildman–Crippen LogP) is 4.99. The van der Waals surface area contributed by atoms with Crippen LogP contribution in [0.25, 0.3) is 17.1 Å². The first-order chi connectivity index (χ1) is 15.0. The summed E-state index contributed by atoms with van der Waals surface area (Å²) < 4.78 is 1.99. The molecular formula is C24H23N5OS. The van der Waals surface area contributed by atoms with Crippen molar-refractivity contribution in [1.29, 1.82) is 0 Å². The van der Waals surface area contributed by atoms with Crippen molar-refractivity contribution in [3.8, 4) is 17.1 Å². The Kier molecular flexibility index (Phi) is 6.13. The van der Waals surface area contributed by atoms with Crippen LogP contribution in [-0.4, -0.2) is 31.4 Å². The third kappa shape index (κ3) is 4.83.